The van der Waals surface area contributed by atoms with Crippen LogP contribution in [0.1, 0.15) is 52.2 Å². The number of aromatic hydroxyl groups is 1. The monoisotopic (exact) mass is 521 g/mol. The van der Waals surface area contributed by atoms with Crippen molar-refractivity contribution in [1.29, 1.82) is 0 Å². The number of hydrogen-bond acceptors (Lipinski definition) is 6. The first-order chi connectivity index (χ1) is 17.2. The molecule has 8 nitrogen and oxygen atoms in total. The molecular formula is C28H31N3O5S. The maximum atomic E-state index is 13.1. The quantitative estimate of drug-likeness (QED) is 0.338. The van der Waals surface area contributed by atoms with Gasteiger partial charge in [-0.1, -0.05) is 58.9 Å². The number of benzene rings is 3. The van der Waals surface area contributed by atoms with Crippen molar-refractivity contribution in [2.75, 3.05) is 0 Å². The van der Waals surface area contributed by atoms with Gasteiger partial charge in [-0.25, -0.2) is 8.42 Å². The number of carbonyl (C=O) groups is 1. The summed E-state index contributed by atoms with van der Waals surface area (Å²) < 4.78 is 26.1. The van der Waals surface area contributed by atoms with Crippen molar-refractivity contribution in [3.8, 4) is 11.4 Å². The summed E-state index contributed by atoms with van der Waals surface area (Å²) in [5, 5.41) is 29.7. The maximum Gasteiger partial charge on any atom is 0.307 e. The zero-order valence-corrected chi connectivity index (χ0v) is 22.4. The second-order valence-electron chi connectivity index (χ2n) is 11.2. The van der Waals surface area contributed by atoms with Crippen LogP contribution in [0.15, 0.2) is 70.5 Å². The average molecular weight is 522 g/mol. The standard InChI is InChI=1S/C28H31N3O5S/c1-27(2,3)17-28(4,5)21-13-18(15-25(32)33)14-24(26(21)34)31-29-22-12-11-20(16-23(22)30-31)37(35,36)19-9-7-6-8-10-19/h6-14,16,34H,15,17H2,1-5H3,(H,32,33). The summed E-state index contributed by atoms with van der Waals surface area (Å²) >= 11 is 0. The normalized spacial score (nSPS) is 12.7. The topological polar surface area (TPSA) is 122 Å². The maximum absolute atomic E-state index is 13.1. The Bertz CT molecular complexity index is 1580. The highest BCUT2D eigenvalue weighted by atomic mass is 32.2. The molecule has 194 valence electrons. The molecule has 0 atom stereocenters. The summed E-state index contributed by atoms with van der Waals surface area (Å²) in [6.07, 6.45) is 0.505. The molecule has 4 rings (SSSR count). The molecule has 1 heterocycles. The number of rotatable bonds is 7. The van der Waals surface area contributed by atoms with Gasteiger partial charge in [0.15, 0.2) is 0 Å². The molecule has 2 N–H and O–H groups in total. The Balaban J connectivity index is 1.85. The minimum atomic E-state index is -3.75. The van der Waals surface area contributed by atoms with Gasteiger partial charge in [-0.05, 0) is 59.2 Å². The van der Waals surface area contributed by atoms with Crippen LogP contribution in [0.5, 0.6) is 5.75 Å². The Morgan fingerprint density at radius 2 is 1.54 bits per heavy atom. The summed E-state index contributed by atoms with van der Waals surface area (Å²) in [5.74, 6) is -1.04. The van der Waals surface area contributed by atoms with Crippen molar-refractivity contribution in [1.82, 2.24) is 15.0 Å². The van der Waals surface area contributed by atoms with Crippen LogP contribution in [0.25, 0.3) is 16.7 Å². The number of carboxylic acids is 1. The Hall–Kier alpha value is -3.72. The third-order valence-electron chi connectivity index (χ3n) is 6.14. The number of sulfone groups is 1. The van der Waals surface area contributed by atoms with Crippen molar-refractivity contribution in [3.05, 3.63) is 71.8 Å². The second-order valence-corrected chi connectivity index (χ2v) is 13.1. The fraction of sp³-hybridized carbons (Fsp3) is 0.321. The number of aliphatic carboxylic acids is 1. The number of nitrogens with zero attached hydrogens (tertiary/aromatic N) is 3. The number of phenols is 1. The zero-order chi connectivity index (χ0) is 27.2. The van der Waals surface area contributed by atoms with Crippen LogP contribution in [0.2, 0.25) is 0 Å². The lowest BCUT2D eigenvalue weighted by atomic mass is 9.71. The van der Waals surface area contributed by atoms with Crippen molar-refractivity contribution in [2.45, 2.75) is 62.7 Å². The van der Waals surface area contributed by atoms with Gasteiger partial charge in [0.05, 0.1) is 16.2 Å². The molecular weight excluding hydrogens is 490 g/mol. The molecule has 0 radical (unpaired) electrons. The predicted molar refractivity (Wildman–Crippen MR) is 141 cm³/mol. The molecule has 4 aromatic rings. The Morgan fingerprint density at radius 3 is 2.16 bits per heavy atom. The molecule has 9 heteroatoms. The molecule has 37 heavy (non-hydrogen) atoms. The third kappa shape index (κ3) is 5.51. The first-order valence-electron chi connectivity index (χ1n) is 11.9. The molecule has 0 spiro atoms. The molecule has 1 aromatic heterocycles. The highest BCUT2D eigenvalue weighted by molar-refractivity contribution is 7.91. The minimum Gasteiger partial charge on any atom is -0.505 e. The van der Waals surface area contributed by atoms with Gasteiger partial charge in [-0.3, -0.25) is 4.79 Å². The van der Waals surface area contributed by atoms with E-state index in [1.165, 1.54) is 29.1 Å². The van der Waals surface area contributed by atoms with Crippen LogP contribution in [0.4, 0.5) is 0 Å². The number of carboxylic acid groups (broad SMARTS) is 1. The molecule has 0 aliphatic heterocycles. The highest BCUT2D eigenvalue weighted by Gasteiger charge is 2.32. The highest BCUT2D eigenvalue weighted by Crippen LogP contribution is 2.42. The van der Waals surface area contributed by atoms with E-state index in [0.29, 0.717) is 22.2 Å². The Labute approximate surface area is 216 Å². The van der Waals surface area contributed by atoms with E-state index in [0.717, 1.165) is 6.42 Å². The van der Waals surface area contributed by atoms with Gasteiger partial charge in [0.2, 0.25) is 9.84 Å². The van der Waals surface area contributed by atoms with Crippen LogP contribution >= 0.6 is 0 Å². The van der Waals surface area contributed by atoms with Crippen molar-refractivity contribution < 1.29 is 23.4 Å². The van der Waals surface area contributed by atoms with Gasteiger partial charge in [0.1, 0.15) is 22.5 Å². The van der Waals surface area contributed by atoms with E-state index >= 15 is 0 Å². The number of phenolic OH excluding ortho intramolecular Hbond substituents is 1. The molecule has 0 saturated heterocycles. The SMILES string of the molecule is CC(C)(C)CC(C)(C)c1cc(CC(=O)O)cc(-n2nc3ccc(S(=O)(=O)c4ccccc4)cc3n2)c1O. The van der Waals surface area contributed by atoms with Crippen molar-refractivity contribution in [2.24, 2.45) is 5.41 Å². The summed E-state index contributed by atoms with van der Waals surface area (Å²) in [6, 6.07) is 15.9. The number of fused-ring (bicyclic) bond motifs is 1. The molecule has 0 unspecified atom stereocenters. The minimum absolute atomic E-state index is 0.0409. The van der Waals surface area contributed by atoms with Crippen LogP contribution in [0.3, 0.4) is 0 Å². The predicted octanol–water partition coefficient (Wildman–Crippen LogP) is 5.30. The van der Waals surface area contributed by atoms with E-state index in [9.17, 15) is 23.4 Å². The van der Waals surface area contributed by atoms with E-state index in [1.54, 1.807) is 36.4 Å². The van der Waals surface area contributed by atoms with E-state index < -0.39 is 21.2 Å². The molecule has 0 bridgehead atoms. The average Bonchev–Trinajstić information content (AvgIpc) is 3.22. The molecule has 0 aliphatic carbocycles. The molecule has 0 aliphatic rings. The summed E-state index contributed by atoms with van der Waals surface area (Å²) in [7, 11) is -3.75. The molecule has 3 aromatic carbocycles. The van der Waals surface area contributed by atoms with Crippen molar-refractivity contribution >= 4 is 26.8 Å². The van der Waals surface area contributed by atoms with Crippen LogP contribution in [-0.4, -0.2) is 39.6 Å². The van der Waals surface area contributed by atoms with Crippen molar-refractivity contribution in [3.63, 3.8) is 0 Å². The second kappa shape index (κ2) is 9.30. The van der Waals surface area contributed by atoms with E-state index in [-0.39, 0.29) is 33.1 Å². The van der Waals surface area contributed by atoms with Gasteiger partial charge in [-0.2, -0.15) is 0 Å². The van der Waals surface area contributed by atoms with Gasteiger partial charge in [-0.15, -0.1) is 15.0 Å². The van der Waals surface area contributed by atoms with E-state index in [4.69, 9.17) is 0 Å². The lowest BCUT2D eigenvalue weighted by Crippen LogP contribution is -2.25. The zero-order valence-electron chi connectivity index (χ0n) is 21.6. The van der Waals surface area contributed by atoms with Gasteiger partial charge in [0, 0.05) is 5.56 Å². The Kier molecular flexibility index (Phi) is 6.62. The molecule has 0 saturated carbocycles. The van der Waals surface area contributed by atoms with Gasteiger partial charge < -0.3 is 10.2 Å². The van der Waals surface area contributed by atoms with Gasteiger partial charge >= 0.3 is 5.97 Å². The third-order valence-corrected chi connectivity index (χ3v) is 7.90. The number of hydrogen-bond donors (Lipinski definition) is 2. The van der Waals surface area contributed by atoms with E-state index in [1.807, 2.05) is 13.8 Å². The summed E-state index contributed by atoms with van der Waals surface area (Å²) in [5.41, 5.74) is 1.59. The number of aromatic nitrogens is 3. The van der Waals surface area contributed by atoms with Gasteiger partial charge in [0.25, 0.3) is 0 Å². The lowest BCUT2D eigenvalue weighted by Gasteiger charge is -2.34. The smallest absolute Gasteiger partial charge is 0.307 e. The summed E-state index contributed by atoms with van der Waals surface area (Å²) in [4.78, 5) is 13.0. The van der Waals surface area contributed by atoms with E-state index in [2.05, 4.69) is 31.0 Å². The lowest BCUT2D eigenvalue weighted by molar-refractivity contribution is -0.136. The fourth-order valence-electron chi connectivity index (χ4n) is 4.95. The molecule has 0 amide bonds. The van der Waals surface area contributed by atoms with Crippen LogP contribution < -0.4 is 0 Å². The fourth-order valence-corrected chi connectivity index (χ4v) is 6.25. The summed E-state index contributed by atoms with van der Waals surface area (Å²) in [6.45, 7) is 10.3. The van der Waals surface area contributed by atoms with Crippen LogP contribution in [0, 0.1) is 5.41 Å². The largest absolute Gasteiger partial charge is 0.505 e. The Morgan fingerprint density at radius 1 is 0.892 bits per heavy atom. The molecule has 0 fully saturated rings. The first kappa shape index (κ1) is 26.3. The van der Waals surface area contributed by atoms with Crippen LogP contribution in [-0.2, 0) is 26.5 Å². The first-order valence-corrected chi connectivity index (χ1v) is 13.4.